The lowest BCUT2D eigenvalue weighted by Crippen LogP contribution is -2.07. The van der Waals surface area contributed by atoms with Crippen molar-refractivity contribution < 1.29 is 0 Å². The van der Waals surface area contributed by atoms with Crippen LogP contribution in [0.15, 0.2) is 21.2 Å². The lowest BCUT2D eigenvalue weighted by Gasteiger charge is -2.13. The lowest BCUT2D eigenvalue weighted by molar-refractivity contribution is 0.835. The van der Waals surface area contributed by atoms with E-state index in [-0.39, 0.29) is 0 Å². The van der Waals surface area contributed by atoms with Gasteiger partial charge in [-0.1, -0.05) is 13.8 Å². The molecule has 0 saturated carbocycles. The molecule has 4 nitrogen and oxygen atoms in total. The maximum Gasteiger partial charge on any atom is 0.181 e. The van der Waals surface area contributed by atoms with Crippen LogP contribution < -0.4 is 5.73 Å². The van der Waals surface area contributed by atoms with Gasteiger partial charge in [0.05, 0.1) is 0 Å². The molecule has 2 aromatic heterocycles. The molecule has 0 aliphatic rings. The van der Waals surface area contributed by atoms with Gasteiger partial charge in [-0.15, -0.1) is 0 Å². The third-order valence-corrected chi connectivity index (χ3v) is 3.80. The molecule has 0 saturated heterocycles. The van der Waals surface area contributed by atoms with Gasteiger partial charge in [0, 0.05) is 26.4 Å². The van der Waals surface area contributed by atoms with Crippen molar-refractivity contribution >= 4 is 37.7 Å². The van der Waals surface area contributed by atoms with Gasteiger partial charge >= 0.3 is 0 Å². The Labute approximate surface area is 129 Å². The molecule has 0 amide bonds. The Morgan fingerprint density at radius 2 is 1.89 bits per heavy atom. The van der Waals surface area contributed by atoms with Gasteiger partial charge in [0.1, 0.15) is 11.5 Å². The monoisotopic (exact) mass is 384 g/mol. The normalized spacial score (nSPS) is 11.1. The largest absolute Gasteiger partial charge is 0.383 e. The number of halogens is 2. The minimum absolute atomic E-state index is 0.301. The van der Waals surface area contributed by atoms with Crippen LogP contribution >= 0.6 is 31.9 Å². The third-order valence-electron chi connectivity index (χ3n) is 2.76. The molecule has 0 fully saturated rings. The summed E-state index contributed by atoms with van der Waals surface area (Å²) in [5, 5.41) is 0. The first-order valence-corrected chi connectivity index (χ1v) is 7.44. The summed E-state index contributed by atoms with van der Waals surface area (Å²) in [6, 6.07) is 1.91. The first kappa shape index (κ1) is 14.4. The molecule has 2 aromatic rings. The van der Waals surface area contributed by atoms with Gasteiger partial charge in [-0.3, -0.25) is 4.98 Å². The molecule has 0 aromatic carbocycles. The number of anilines is 1. The smallest absolute Gasteiger partial charge is 0.181 e. The van der Waals surface area contributed by atoms with E-state index in [9.17, 15) is 0 Å². The standard InChI is InChI=1S/C13H14Br2N4/c1-6(2)10-7(3)18-13(19-12(10)16)11-9(15)4-8(14)5-17-11/h4-6H,1-3H3,(H2,16,18,19). The minimum Gasteiger partial charge on any atom is -0.383 e. The Morgan fingerprint density at radius 3 is 2.42 bits per heavy atom. The van der Waals surface area contributed by atoms with Crippen LogP contribution in [0.25, 0.3) is 11.5 Å². The Morgan fingerprint density at radius 1 is 1.21 bits per heavy atom. The Bertz CT molecular complexity index is 603. The highest BCUT2D eigenvalue weighted by molar-refractivity contribution is 9.11. The molecule has 2 heterocycles. The summed E-state index contributed by atoms with van der Waals surface area (Å²) < 4.78 is 1.73. The van der Waals surface area contributed by atoms with Crippen LogP contribution in [0.3, 0.4) is 0 Å². The molecule has 0 aliphatic heterocycles. The van der Waals surface area contributed by atoms with Crippen molar-refractivity contribution in [3.05, 3.63) is 32.5 Å². The number of hydrogen-bond donors (Lipinski definition) is 1. The van der Waals surface area contributed by atoms with Crippen LogP contribution in [0.5, 0.6) is 0 Å². The van der Waals surface area contributed by atoms with Gasteiger partial charge in [0.25, 0.3) is 0 Å². The van der Waals surface area contributed by atoms with E-state index in [0.29, 0.717) is 23.3 Å². The van der Waals surface area contributed by atoms with E-state index in [0.717, 1.165) is 20.2 Å². The summed E-state index contributed by atoms with van der Waals surface area (Å²) in [5.41, 5.74) is 8.62. The number of hydrogen-bond acceptors (Lipinski definition) is 4. The summed E-state index contributed by atoms with van der Waals surface area (Å²) in [7, 11) is 0. The molecule has 0 spiro atoms. The number of nitrogens with zero attached hydrogens (tertiary/aromatic N) is 3. The van der Waals surface area contributed by atoms with Gasteiger partial charge in [-0.05, 0) is 50.8 Å². The summed E-state index contributed by atoms with van der Waals surface area (Å²) in [4.78, 5) is 13.2. The Kier molecular flexibility index (Phi) is 4.20. The molecule has 0 bridgehead atoms. The third kappa shape index (κ3) is 2.95. The molecule has 2 N–H and O–H groups in total. The van der Waals surface area contributed by atoms with Crippen LogP contribution in [0, 0.1) is 6.92 Å². The fourth-order valence-electron chi connectivity index (χ4n) is 2.00. The number of nitrogen functional groups attached to an aromatic ring is 1. The topological polar surface area (TPSA) is 64.7 Å². The van der Waals surface area contributed by atoms with Crippen LogP contribution in [-0.2, 0) is 0 Å². The van der Waals surface area contributed by atoms with E-state index in [2.05, 4.69) is 60.7 Å². The average molecular weight is 386 g/mol. The zero-order valence-electron chi connectivity index (χ0n) is 10.9. The summed E-state index contributed by atoms with van der Waals surface area (Å²) >= 11 is 6.84. The van der Waals surface area contributed by atoms with Crippen molar-refractivity contribution in [1.82, 2.24) is 15.0 Å². The van der Waals surface area contributed by atoms with E-state index in [1.165, 1.54) is 0 Å². The highest BCUT2D eigenvalue weighted by atomic mass is 79.9. The fourth-order valence-corrected chi connectivity index (χ4v) is 3.17. The maximum atomic E-state index is 6.04. The predicted molar refractivity (Wildman–Crippen MR) is 83.9 cm³/mol. The molecule has 0 aliphatic carbocycles. The van der Waals surface area contributed by atoms with E-state index in [1.807, 2.05) is 13.0 Å². The van der Waals surface area contributed by atoms with Gasteiger partial charge in [-0.2, -0.15) is 0 Å². The molecule has 6 heteroatoms. The van der Waals surface area contributed by atoms with Gasteiger partial charge in [-0.25, -0.2) is 9.97 Å². The number of rotatable bonds is 2. The van der Waals surface area contributed by atoms with Crippen LogP contribution in [0.4, 0.5) is 5.82 Å². The summed E-state index contributed by atoms with van der Waals surface area (Å²) in [6.45, 7) is 6.11. The second kappa shape index (κ2) is 5.54. The van der Waals surface area contributed by atoms with E-state index in [4.69, 9.17) is 5.73 Å². The molecular weight excluding hydrogens is 372 g/mol. The molecule has 0 atom stereocenters. The Hall–Kier alpha value is -1.01. The van der Waals surface area contributed by atoms with Crippen molar-refractivity contribution in [2.24, 2.45) is 0 Å². The predicted octanol–water partition coefficient (Wildman–Crippen LogP) is 4.08. The number of nitrogens with two attached hydrogens (primary N) is 1. The second-order valence-electron chi connectivity index (χ2n) is 4.57. The van der Waals surface area contributed by atoms with Crippen LogP contribution in [0.1, 0.15) is 31.0 Å². The average Bonchev–Trinajstić information content (AvgIpc) is 2.26. The number of aryl methyl sites for hydroxylation is 1. The number of pyridine rings is 1. The molecule has 100 valence electrons. The van der Waals surface area contributed by atoms with Crippen molar-refractivity contribution in [2.45, 2.75) is 26.7 Å². The summed E-state index contributed by atoms with van der Waals surface area (Å²) in [5.74, 6) is 1.36. The molecule has 0 unspecified atom stereocenters. The highest BCUT2D eigenvalue weighted by Crippen LogP contribution is 2.29. The Balaban J connectivity index is 2.58. The maximum absolute atomic E-state index is 6.04. The second-order valence-corrected chi connectivity index (χ2v) is 6.34. The molecule has 0 radical (unpaired) electrons. The van der Waals surface area contributed by atoms with E-state index >= 15 is 0 Å². The van der Waals surface area contributed by atoms with Crippen molar-refractivity contribution in [1.29, 1.82) is 0 Å². The van der Waals surface area contributed by atoms with Crippen molar-refractivity contribution in [2.75, 3.05) is 5.73 Å². The zero-order chi connectivity index (χ0) is 14.2. The fraction of sp³-hybridized carbons (Fsp3) is 0.308. The van der Waals surface area contributed by atoms with Crippen molar-refractivity contribution in [3.63, 3.8) is 0 Å². The zero-order valence-corrected chi connectivity index (χ0v) is 14.1. The van der Waals surface area contributed by atoms with Crippen molar-refractivity contribution in [3.8, 4) is 11.5 Å². The first-order chi connectivity index (χ1) is 8.90. The first-order valence-electron chi connectivity index (χ1n) is 5.85. The minimum atomic E-state index is 0.301. The van der Waals surface area contributed by atoms with E-state index < -0.39 is 0 Å². The number of aromatic nitrogens is 3. The van der Waals surface area contributed by atoms with Crippen LogP contribution in [0.2, 0.25) is 0 Å². The van der Waals surface area contributed by atoms with Gasteiger partial charge in [0.15, 0.2) is 5.82 Å². The van der Waals surface area contributed by atoms with Gasteiger partial charge < -0.3 is 5.73 Å². The van der Waals surface area contributed by atoms with Crippen LogP contribution in [-0.4, -0.2) is 15.0 Å². The quantitative estimate of drug-likeness (QED) is 0.845. The highest BCUT2D eigenvalue weighted by Gasteiger charge is 2.15. The van der Waals surface area contributed by atoms with Gasteiger partial charge in [0.2, 0.25) is 0 Å². The van der Waals surface area contributed by atoms with E-state index in [1.54, 1.807) is 6.20 Å². The SMILES string of the molecule is Cc1nc(-c2ncc(Br)cc2Br)nc(N)c1C(C)C. The molecule has 2 rings (SSSR count). The molecule has 19 heavy (non-hydrogen) atoms. The summed E-state index contributed by atoms with van der Waals surface area (Å²) in [6.07, 6.45) is 1.71. The molecular formula is C13H14Br2N4. The lowest BCUT2D eigenvalue weighted by atomic mass is 10.0.